The predicted molar refractivity (Wildman–Crippen MR) is 96.2 cm³/mol. The van der Waals surface area contributed by atoms with Gasteiger partial charge in [-0.2, -0.15) is 0 Å². The van der Waals surface area contributed by atoms with E-state index in [1.165, 1.54) is 12.1 Å². The number of aliphatic carboxylic acids is 1. The SMILES string of the molecule is CS(=O)(=O)c1ccc(C=CC=C2SC(=S)N(CC(=O)O)C2=O)cc1. The Balaban J connectivity index is 2.10. The number of hydrogen-bond donors (Lipinski definition) is 1. The lowest BCUT2D eigenvalue weighted by molar-refractivity contribution is -0.140. The Kier molecular flexibility index (Phi) is 5.58. The molecule has 1 fully saturated rings. The number of amides is 1. The van der Waals surface area contributed by atoms with Crippen molar-refractivity contribution in [3.05, 3.63) is 46.9 Å². The highest BCUT2D eigenvalue weighted by molar-refractivity contribution is 8.26. The van der Waals surface area contributed by atoms with Gasteiger partial charge >= 0.3 is 5.97 Å². The van der Waals surface area contributed by atoms with Gasteiger partial charge in [0.2, 0.25) is 0 Å². The summed E-state index contributed by atoms with van der Waals surface area (Å²) in [6.07, 6.45) is 6.01. The minimum Gasteiger partial charge on any atom is -0.480 e. The minimum absolute atomic E-state index is 0.208. The molecule has 1 aromatic carbocycles. The van der Waals surface area contributed by atoms with Crippen molar-refractivity contribution in [1.29, 1.82) is 0 Å². The molecule has 1 N–H and O–H groups in total. The summed E-state index contributed by atoms with van der Waals surface area (Å²) >= 11 is 6.03. The fraction of sp³-hybridized carbons (Fsp3) is 0.133. The minimum atomic E-state index is -3.23. The Hall–Kier alpha value is -1.97. The number of sulfone groups is 1. The van der Waals surface area contributed by atoms with Gasteiger partial charge < -0.3 is 5.11 Å². The first-order chi connectivity index (χ1) is 11.2. The second-order valence-electron chi connectivity index (χ2n) is 4.88. The lowest BCUT2D eigenvalue weighted by atomic mass is 10.2. The summed E-state index contributed by atoms with van der Waals surface area (Å²) in [6, 6.07) is 6.30. The molecule has 1 aromatic rings. The van der Waals surface area contributed by atoms with E-state index in [-0.39, 0.29) is 9.22 Å². The number of carbonyl (C=O) groups excluding carboxylic acids is 1. The molecule has 0 spiro atoms. The van der Waals surface area contributed by atoms with Crippen LogP contribution in [0.25, 0.3) is 6.08 Å². The number of rotatable bonds is 5. The molecule has 0 saturated carbocycles. The molecule has 0 bridgehead atoms. The lowest BCUT2D eigenvalue weighted by Gasteiger charge is -2.09. The zero-order valence-corrected chi connectivity index (χ0v) is 15.0. The van der Waals surface area contributed by atoms with Crippen LogP contribution in [0.15, 0.2) is 46.2 Å². The summed E-state index contributed by atoms with van der Waals surface area (Å²) in [7, 11) is -3.23. The number of allylic oxidation sites excluding steroid dienone is 2. The molecule has 1 heterocycles. The average Bonchev–Trinajstić information content (AvgIpc) is 2.74. The Bertz CT molecular complexity index is 854. The molecule has 6 nitrogen and oxygen atoms in total. The highest BCUT2D eigenvalue weighted by atomic mass is 32.2. The van der Waals surface area contributed by atoms with Crippen molar-refractivity contribution < 1.29 is 23.1 Å². The van der Waals surface area contributed by atoms with Crippen molar-refractivity contribution in [1.82, 2.24) is 4.90 Å². The van der Waals surface area contributed by atoms with Crippen LogP contribution in [0, 0.1) is 0 Å². The van der Waals surface area contributed by atoms with Gasteiger partial charge in [0.1, 0.15) is 10.9 Å². The number of thiocarbonyl (C=S) groups is 1. The number of carboxylic acids is 1. The van der Waals surface area contributed by atoms with E-state index in [1.807, 2.05) is 0 Å². The molecule has 1 aliphatic heterocycles. The van der Waals surface area contributed by atoms with Crippen LogP contribution in [-0.4, -0.2) is 47.4 Å². The highest BCUT2D eigenvalue weighted by Gasteiger charge is 2.32. The molecule has 126 valence electrons. The number of thioether (sulfide) groups is 1. The molecule has 24 heavy (non-hydrogen) atoms. The van der Waals surface area contributed by atoms with Crippen molar-refractivity contribution in [3.8, 4) is 0 Å². The van der Waals surface area contributed by atoms with Gasteiger partial charge in [-0.25, -0.2) is 8.42 Å². The van der Waals surface area contributed by atoms with Gasteiger partial charge in [0, 0.05) is 6.26 Å². The molecular weight excluding hydrogens is 370 g/mol. The standard InChI is InChI=1S/C15H13NO5S3/c1-24(20,21)11-7-5-10(6-8-11)3-2-4-12-14(19)16(9-13(17)18)15(22)23-12/h2-8H,9H2,1H3,(H,17,18). The summed E-state index contributed by atoms with van der Waals surface area (Å²) in [5.41, 5.74) is 0.764. The van der Waals surface area contributed by atoms with Crippen LogP contribution in [0.1, 0.15) is 5.56 Å². The van der Waals surface area contributed by atoms with Crippen LogP contribution in [0.3, 0.4) is 0 Å². The Morgan fingerprint density at radius 2 is 1.96 bits per heavy atom. The fourth-order valence-electron chi connectivity index (χ4n) is 1.86. The molecule has 9 heteroatoms. The van der Waals surface area contributed by atoms with Gasteiger partial charge in [0.25, 0.3) is 5.91 Å². The monoisotopic (exact) mass is 383 g/mol. The Labute approximate surface area is 148 Å². The van der Waals surface area contributed by atoms with Crippen molar-refractivity contribution in [2.24, 2.45) is 0 Å². The molecule has 0 unspecified atom stereocenters. The van der Waals surface area contributed by atoms with Gasteiger partial charge in [-0.05, 0) is 23.8 Å². The van der Waals surface area contributed by atoms with E-state index in [0.717, 1.165) is 28.5 Å². The van der Waals surface area contributed by atoms with E-state index >= 15 is 0 Å². The number of carboxylic acid groups (broad SMARTS) is 1. The molecule has 1 amide bonds. The van der Waals surface area contributed by atoms with E-state index in [4.69, 9.17) is 17.3 Å². The first kappa shape index (κ1) is 18.4. The van der Waals surface area contributed by atoms with E-state index in [2.05, 4.69) is 0 Å². The van der Waals surface area contributed by atoms with Gasteiger partial charge in [-0.3, -0.25) is 14.5 Å². The molecule has 1 saturated heterocycles. The Morgan fingerprint density at radius 1 is 1.33 bits per heavy atom. The molecule has 0 radical (unpaired) electrons. The van der Waals surface area contributed by atoms with Crippen LogP contribution in [0.2, 0.25) is 0 Å². The molecule has 0 aliphatic carbocycles. The molecular formula is C15H13NO5S3. The topological polar surface area (TPSA) is 91.8 Å². The van der Waals surface area contributed by atoms with Crippen LogP contribution in [0.5, 0.6) is 0 Å². The van der Waals surface area contributed by atoms with E-state index in [9.17, 15) is 18.0 Å². The molecule has 0 aromatic heterocycles. The highest BCUT2D eigenvalue weighted by Crippen LogP contribution is 2.30. The second-order valence-corrected chi connectivity index (χ2v) is 8.58. The van der Waals surface area contributed by atoms with Crippen LogP contribution < -0.4 is 0 Å². The van der Waals surface area contributed by atoms with Crippen LogP contribution >= 0.6 is 24.0 Å². The molecule has 0 atom stereocenters. The zero-order chi connectivity index (χ0) is 17.9. The number of benzene rings is 1. The van der Waals surface area contributed by atoms with Crippen molar-refractivity contribution >= 4 is 56.1 Å². The predicted octanol–water partition coefficient (Wildman–Crippen LogP) is 1.93. The third-order valence-electron chi connectivity index (χ3n) is 3.01. The summed E-state index contributed by atoms with van der Waals surface area (Å²) in [4.78, 5) is 24.3. The molecule has 2 rings (SSSR count). The summed E-state index contributed by atoms with van der Waals surface area (Å²) in [5, 5.41) is 8.76. The van der Waals surface area contributed by atoms with E-state index in [0.29, 0.717) is 4.91 Å². The average molecular weight is 383 g/mol. The van der Waals surface area contributed by atoms with Crippen molar-refractivity contribution in [2.75, 3.05) is 12.8 Å². The number of nitrogens with zero attached hydrogens (tertiary/aromatic N) is 1. The third kappa shape index (κ3) is 4.53. The molecule has 1 aliphatic rings. The van der Waals surface area contributed by atoms with Gasteiger partial charge in [0.15, 0.2) is 9.84 Å². The largest absolute Gasteiger partial charge is 0.480 e. The quantitative estimate of drug-likeness (QED) is 0.613. The van der Waals surface area contributed by atoms with Crippen molar-refractivity contribution in [3.63, 3.8) is 0 Å². The second kappa shape index (κ2) is 7.29. The lowest BCUT2D eigenvalue weighted by Crippen LogP contribution is -2.33. The smallest absolute Gasteiger partial charge is 0.323 e. The van der Waals surface area contributed by atoms with E-state index in [1.54, 1.807) is 30.4 Å². The normalized spacial score (nSPS) is 17.2. The number of hydrogen-bond acceptors (Lipinski definition) is 6. The zero-order valence-electron chi connectivity index (χ0n) is 12.5. The summed E-state index contributed by atoms with van der Waals surface area (Å²) < 4.78 is 23.0. The first-order valence-corrected chi connectivity index (χ1v) is 9.74. The maximum Gasteiger partial charge on any atom is 0.323 e. The van der Waals surface area contributed by atoms with Gasteiger partial charge in [0.05, 0.1) is 9.80 Å². The maximum atomic E-state index is 12.0. The van der Waals surface area contributed by atoms with Gasteiger partial charge in [-0.15, -0.1) is 0 Å². The van der Waals surface area contributed by atoms with Gasteiger partial charge in [-0.1, -0.05) is 48.3 Å². The third-order valence-corrected chi connectivity index (χ3v) is 5.54. The number of carbonyl (C=O) groups is 2. The fourth-order valence-corrected chi connectivity index (χ4v) is 3.70. The first-order valence-electron chi connectivity index (χ1n) is 6.62. The van der Waals surface area contributed by atoms with E-state index < -0.39 is 28.3 Å². The summed E-state index contributed by atoms with van der Waals surface area (Å²) in [6.45, 7) is -0.460. The Morgan fingerprint density at radius 3 is 2.50 bits per heavy atom. The van der Waals surface area contributed by atoms with Crippen LogP contribution in [0.4, 0.5) is 0 Å². The van der Waals surface area contributed by atoms with Crippen LogP contribution in [-0.2, 0) is 19.4 Å². The summed E-state index contributed by atoms with van der Waals surface area (Å²) in [5.74, 6) is -1.57. The maximum absolute atomic E-state index is 12.0. The van der Waals surface area contributed by atoms with Crippen molar-refractivity contribution in [2.45, 2.75) is 4.90 Å².